The molecule has 5 nitrogen and oxygen atoms in total. The van der Waals surface area contributed by atoms with Crippen molar-refractivity contribution >= 4 is 34.6 Å². The first-order chi connectivity index (χ1) is 12.2. The zero-order chi connectivity index (χ0) is 19.3. The Hall–Kier alpha value is -3.18. The number of carbonyl (C=O) groups excluding carboxylic acids is 1. The van der Waals surface area contributed by atoms with Crippen LogP contribution in [0.2, 0.25) is 5.02 Å². The monoisotopic (exact) mass is 380 g/mol. The second kappa shape index (κ2) is 7.80. The largest absolute Gasteiger partial charge is 0.418 e. The van der Waals surface area contributed by atoms with E-state index in [1.165, 1.54) is 36.4 Å². The number of hydrogen-bond acceptors (Lipinski definition) is 4. The topological polar surface area (TPSA) is 90.9 Å². The van der Waals surface area contributed by atoms with Crippen molar-refractivity contribution in [1.29, 1.82) is 5.26 Å². The van der Waals surface area contributed by atoms with Gasteiger partial charge in [0.2, 0.25) is 0 Å². The maximum Gasteiger partial charge on any atom is 0.418 e. The summed E-state index contributed by atoms with van der Waals surface area (Å²) in [5, 5.41) is 14.1. The van der Waals surface area contributed by atoms with Crippen molar-refractivity contribution in [2.24, 2.45) is 0 Å². The molecule has 0 aromatic heterocycles. The smallest absolute Gasteiger partial charge is 0.398 e. The van der Waals surface area contributed by atoms with Gasteiger partial charge in [-0.05, 0) is 30.3 Å². The van der Waals surface area contributed by atoms with Crippen LogP contribution < -0.4 is 16.4 Å². The van der Waals surface area contributed by atoms with Gasteiger partial charge < -0.3 is 16.4 Å². The molecule has 0 saturated heterocycles. The molecule has 0 aliphatic heterocycles. The molecular weight excluding hydrogens is 369 g/mol. The second-order valence-electron chi connectivity index (χ2n) is 5.05. The summed E-state index contributed by atoms with van der Waals surface area (Å²) in [4.78, 5) is 12.1. The Morgan fingerprint density at radius 3 is 2.54 bits per heavy atom. The van der Waals surface area contributed by atoms with Gasteiger partial charge in [0.25, 0.3) is 5.91 Å². The van der Waals surface area contributed by atoms with E-state index in [-0.39, 0.29) is 16.4 Å². The molecule has 2 aromatic rings. The standard InChI is InChI=1S/C17H12ClF3N4O/c18-13-7-11(5-6-14(13)23)25-16(26)10(8-22)9-24-15-4-2-1-3-12(15)17(19,20)21/h1-7,9,24H,23H2,(H,25,26)/b10-9-. The molecule has 2 rings (SSSR count). The zero-order valence-corrected chi connectivity index (χ0v) is 13.8. The first kappa shape index (κ1) is 19.1. The molecule has 0 radical (unpaired) electrons. The lowest BCUT2D eigenvalue weighted by atomic mass is 10.1. The fourth-order valence-corrected chi connectivity index (χ4v) is 2.14. The van der Waals surface area contributed by atoms with E-state index in [4.69, 9.17) is 22.6 Å². The predicted molar refractivity (Wildman–Crippen MR) is 93.3 cm³/mol. The minimum Gasteiger partial charge on any atom is -0.398 e. The summed E-state index contributed by atoms with van der Waals surface area (Å²) in [6, 6.07) is 10.7. The number of amides is 1. The Morgan fingerprint density at radius 2 is 1.92 bits per heavy atom. The van der Waals surface area contributed by atoms with E-state index in [2.05, 4.69) is 10.6 Å². The number of anilines is 3. The normalized spacial score (nSPS) is 11.6. The third-order valence-corrected chi connectivity index (χ3v) is 3.56. The van der Waals surface area contributed by atoms with Gasteiger partial charge in [0.15, 0.2) is 0 Å². The van der Waals surface area contributed by atoms with Gasteiger partial charge in [0.1, 0.15) is 11.6 Å². The van der Waals surface area contributed by atoms with Crippen molar-refractivity contribution in [3.05, 3.63) is 64.8 Å². The van der Waals surface area contributed by atoms with Crippen molar-refractivity contribution in [2.75, 3.05) is 16.4 Å². The third kappa shape index (κ3) is 4.68. The average molecular weight is 381 g/mol. The summed E-state index contributed by atoms with van der Waals surface area (Å²) >= 11 is 5.84. The summed E-state index contributed by atoms with van der Waals surface area (Å²) in [5.74, 6) is -0.815. The van der Waals surface area contributed by atoms with Crippen molar-refractivity contribution < 1.29 is 18.0 Å². The summed E-state index contributed by atoms with van der Waals surface area (Å²) < 4.78 is 38.8. The van der Waals surface area contributed by atoms with E-state index in [1.807, 2.05) is 0 Å². The number of hydrogen-bond donors (Lipinski definition) is 3. The summed E-state index contributed by atoms with van der Waals surface area (Å²) in [6.07, 6.45) is -3.67. The molecule has 0 aliphatic rings. The van der Waals surface area contributed by atoms with E-state index >= 15 is 0 Å². The van der Waals surface area contributed by atoms with Crippen molar-refractivity contribution in [2.45, 2.75) is 6.18 Å². The first-order valence-electron chi connectivity index (χ1n) is 7.12. The maximum atomic E-state index is 12.9. The highest BCUT2D eigenvalue weighted by atomic mass is 35.5. The molecule has 0 unspecified atom stereocenters. The van der Waals surface area contributed by atoms with E-state index in [1.54, 1.807) is 6.07 Å². The Bertz CT molecular complexity index is 904. The minimum atomic E-state index is -4.58. The number of para-hydroxylation sites is 1. The molecule has 1 amide bonds. The highest BCUT2D eigenvalue weighted by Gasteiger charge is 2.33. The summed E-state index contributed by atoms with van der Waals surface area (Å²) in [5.41, 5.74) is 4.53. The average Bonchev–Trinajstić information content (AvgIpc) is 2.58. The fourth-order valence-electron chi connectivity index (χ4n) is 1.96. The molecule has 0 saturated carbocycles. The van der Waals surface area contributed by atoms with Crippen LogP contribution in [0.25, 0.3) is 0 Å². The molecule has 0 bridgehead atoms. The van der Waals surface area contributed by atoms with Crippen LogP contribution in [0.15, 0.2) is 54.2 Å². The van der Waals surface area contributed by atoms with Crippen molar-refractivity contribution in [3.63, 3.8) is 0 Å². The van der Waals surface area contributed by atoms with E-state index < -0.39 is 23.2 Å². The molecule has 0 aliphatic carbocycles. The number of nitriles is 1. The lowest BCUT2D eigenvalue weighted by Gasteiger charge is -2.12. The molecule has 0 atom stereocenters. The number of halogens is 4. The fraction of sp³-hybridized carbons (Fsp3) is 0.0588. The number of benzene rings is 2. The van der Waals surface area contributed by atoms with E-state index in [9.17, 15) is 18.0 Å². The Kier molecular flexibility index (Phi) is 5.75. The summed E-state index contributed by atoms with van der Waals surface area (Å²) in [7, 11) is 0. The van der Waals surface area contributed by atoms with Gasteiger partial charge in [-0.1, -0.05) is 23.7 Å². The van der Waals surface area contributed by atoms with Crippen LogP contribution in [0.5, 0.6) is 0 Å². The van der Waals surface area contributed by atoms with E-state index in [0.29, 0.717) is 5.69 Å². The van der Waals surface area contributed by atoms with Gasteiger partial charge in [-0.2, -0.15) is 18.4 Å². The number of nitrogen functional groups attached to an aromatic ring is 1. The highest BCUT2D eigenvalue weighted by molar-refractivity contribution is 6.33. The Morgan fingerprint density at radius 1 is 1.23 bits per heavy atom. The quantitative estimate of drug-likeness (QED) is 0.416. The van der Waals surface area contributed by atoms with E-state index in [0.717, 1.165) is 12.3 Å². The number of carbonyl (C=O) groups is 1. The molecule has 0 fully saturated rings. The van der Waals surface area contributed by atoms with Gasteiger partial charge in [-0.25, -0.2) is 0 Å². The SMILES string of the molecule is N#C/C(=C/Nc1ccccc1C(F)(F)F)C(=O)Nc1ccc(N)c(Cl)c1. The van der Waals surface area contributed by atoms with Gasteiger partial charge in [-0.15, -0.1) is 0 Å². The first-order valence-corrected chi connectivity index (χ1v) is 7.49. The van der Waals surface area contributed by atoms with Crippen LogP contribution in [0.4, 0.5) is 30.2 Å². The molecule has 9 heteroatoms. The highest BCUT2D eigenvalue weighted by Crippen LogP contribution is 2.34. The van der Waals surface area contributed by atoms with Crippen molar-refractivity contribution in [3.8, 4) is 6.07 Å². The van der Waals surface area contributed by atoms with Gasteiger partial charge in [0.05, 0.1) is 22.0 Å². The second-order valence-corrected chi connectivity index (χ2v) is 5.46. The van der Waals surface area contributed by atoms with Crippen LogP contribution in [-0.4, -0.2) is 5.91 Å². The number of nitrogens with zero attached hydrogens (tertiary/aromatic N) is 1. The molecule has 134 valence electrons. The van der Waals surface area contributed by atoms with Gasteiger partial charge in [0, 0.05) is 11.9 Å². The molecule has 0 spiro atoms. The lowest BCUT2D eigenvalue weighted by molar-refractivity contribution is -0.136. The lowest BCUT2D eigenvalue weighted by Crippen LogP contribution is -2.15. The maximum absolute atomic E-state index is 12.9. The van der Waals surface area contributed by atoms with Crippen LogP contribution in [0, 0.1) is 11.3 Å². The van der Waals surface area contributed by atoms with Crippen LogP contribution in [-0.2, 0) is 11.0 Å². The van der Waals surface area contributed by atoms with Crippen LogP contribution in [0.1, 0.15) is 5.56 Å². The molecule has 26 heavy (non-hydrogen) atoms. The Balaban J connectivity index is 2.19. The molecule has 0 heterocycles. The van der Waals surface area contributed by atoms with Gasteiger partial charge >= 0.3 is 6.18 Å². The zero-order valence-electron chi connectivity index (χ0n) is 13.1. The van der Waals surface area contributed by atoms with Crippen LogP contribution in [0.3, 0.4) is 0 Å². The summed E-state index contributed by atoms with van der Waals surface area (Å²) in [6.45, 7) is 0. The van der Waals surface area contributed by atoms with Crippen LogP contribution >= 0.6 is 11.6 Å². The van der Waals surface area contributed by atoms with Crippen molar-refractivity contribution in [1.82, 2.24) is 0 Å². The molecule has 2 aromatic carbocycles. The minimum absolute atomic E-state index is 0.211. The molecule has 4 N–H and O–H groups in total. The number of rotatable bonds is 4. The third-order valence-electron chi connectivity index (χ3n) is 3.23. The Labute approximate surface area is 151 Å². The number of nitrogens with one attached hydrogen (secondary N) is 2. The predicted octanol–water partition coefficient (Wildman–Crippen LogP) is 4.40. The van der Waals surface area contributed by atoms with Gasteiger partial charge in [-0.3, -0.25) is 4.79 Å². The number of nitrogens with two attached hydrogens (primary N) is 1. The molecular formula is C17H12ClF3N4O. The number of alkyl halides is 3.